The Morgan fingerprint density at radius 1 is 1.12 bits per heavy atom. The second kappa shape index (κ2) is 11.2. The van der Waals surface area contributed by atoms with E-state index in [0.29, 0.717) is 6.42 Å². The fourth-order valence-electron chi connectivity index (χ4n) is 0.727. The first kappa shape index (κ1) is 14.1. The molecule has 0 aliphatic heterocycles. The van der Waals surface area contributed by atoms with Crippen molar-refractivity contribution < 1.29 is 10.2 Å². The molecular formula is C14H14O2. The fraction of sp³-hybridized carbons (Fsp3) is 0.286. The summed E-state index contributed by atoms with van der Waals surface area (Å²) in [4.78, 5) is 0. The van der Waals surface area contributed by atoms with Crippen LogP contribution in [0.25, 0.3) is 0 Å². The Hall–Kier alpha value is -1.92. The summed E-state index contributed by atoms with van der Waals surface area (Å²) in [5, 5.41) is 17.7. The quantitative estimate of drug-likeness (QED) is 0.538. The van der Waals surface area contributed by atoms with E-state index in [9.17, 15) is 5.11 Å². The van der Waals surface area contributed by atoms with Crippen LogP contribution in [-0.2, 0) is 0 Å². The minimum Gasteiger partial charge on any atom is -0.396 e. The molecule has 82 valence electrons. The molecule has 0 saturated heterocycles. The zero-order chi connectivity index (χ0) is 12.1. The second-order valence-corrected chi connectivity index (χ2v) is 2.72. The van der Waals surface area contributed by atoms with Gasteiger partial charge in [0.05, 0.1) is 6.10 Å². The molecule has 2 heteroatoms. The van der Waals surface area contributed by atoms with Crippen LogP contribution in [-0.4, -0.2) is 22.9 Å². The Morgan fingerprint density at radius 2 is 1.88 bits per heavy atom. The molecule has 0 rings (SSSR count). The van der Waals surface area contributed by atoms with Gasteiger partial charge in [0.2, 0.25) is 0 Å². The van der Waals surface area contributed by atoms with E-state index in [1.54, 1.807) is 31.2 Å². The molecule has 0 fully saturated rings. The summed E-state index contributed by atoms with van der Waals surface area (Å²) in [7, 11) is 0. The Balaban J connectivity index is 3.93. The molecule has 2 N–H and O–H groups in total. The average molecular weight is 214 g/mol. The molecule has 0 aromatic rings. The Labute approximate surface area is 96.7 Å². The summed E-state index contributed by atoms with van der Waals surface area (Å²) in [6, 6.07) is 0. The topological polar surface area (TPSA) is 40.5 Å². The molecule has 0 aliphatic carbocycles. The van der Waals surface area contributed by atoms with Crippen molar-refractivity contribution in [1.82, 2.24) is 0 Å². The minimum absolute atomic E-state index is 0.0247. The molecule has 0 aromatic carbocycles. The molecule has 1 unspecified atom stereocenters. The molecule has 0 heterocycles. The summed E-state index contributed by atoms with van der Waals surface area (Å²) in [6.45, 7) is 1.69. The first-order valence-corrected chi connectivity index (χ1v) is 4.85. The lowest BCUT2D eigenvalue weighted by Gasteiger charge is -1.98. The first-order valence-electron chi connectivity index (χ1n) is 4.85. The number of aliphatic hydroxyl groups is 2. The molecular weight excluding hydrogens is 200 g/mol. The normalized spacial score (nSPS) is 10.9. The standard InChI is InChI=1S/C14H14O2/c1-2-3-4-5-6-7-8-9-10-11-14(16)12-13-15/h8-11,14-16H,12-13H2,1H3. The molecule has 16 heavy (non-hydrogen) atoms. The summed E-state index contributed by atoms with van der Waals surface area (Å²) in [5.41, 5.74) is 0. The van der Waals surface area contributed by atoms with Crippen LogP contribution in [0, 0.1) is 35.5 Å². The van der Waals surface area contributed by atoms with Gasteiger partial charge < -0.3 is 10.2 Å². The van der Waals surface area contributed by atoms with E-state index in [0.717, 1.165) is 0 Å². The van der Waals surface area contributed by atoms with E-state index in [-0.39, 0.29) is 6.61 Å². The van der Waals surface area contributed by atoms with Crippen molar-refractivity contribution in [2.75, 3.05) is 6.61 Å². The lowest BCUT2D eigenvalue weighted by atomic mass is 10.2. The Bertz CT molecular complexity index is 411. The number of allylic oxidation sites excluding steroid dienone is 3. The van der Waals surface area contributed by atoms with Crippen molar-refractivity contribution in [2.24, 2.45) is 0 Å². The van der Waals surface area contributed by atoms with Crippen LogP contribution in [0.3, 0.4) is 0 Å². The van der Waals surface area contributed by atoms with Crippen molar-refractivity contribution in [1.29, 1.82) is 0 Å². The van der Waals surface area contributed by atoms with Crippen molar-refractivity contribution in [2.45, 2.75) is 19.4 Å². The van der Waals surface area contributed by atoms with Crippen molar-refractivity contribution >= 4 is 0 Å². The van der Waals surface area contributed by atoms with Gasteiger partial charge in [0, 0.05) is 6.61 Å². The fourth-order valence-corrected chi connectivity index (χ4v) is 0.727. The predicted octanol–water partition coefficient (Wildman–Crippen LogP) is 0.872. The maximum atomic E-state index is 9.19. The van der Waals surface area contributed by atoms with Gasteiger partial charge in [-0.1, -0.05) is 30.1 Å². The zero-order valence-electron chi connectivity index (χ0n) is 9.20. The van der Waals surface area contributed by atoms with Crippen LogP contribution in [0.5, 0.6) is 0 Å². The van der Waals surface area contributed by atoms with E-state index >= 15 is 0 Å². The highest BCUT2D eigenvalue weighted by Crippen LogP contribution is 1.91. The third kappa shape index (κ3) is 10.2. The third-order valence-corrected chi connectivity index (χ3v) is 1.43. The lowest BCUT2D eigenvalue weighted by Crippen LogP contribution is -2.03. The molecule has 0 aliphatic rings. The van der Waals surface area contributed by atoms with Crippen LogP contribution in [0.2, 0.25) is 0 Å². The van der Waals surface area contributed by atoms with Crippen molar-refractivity contribution in [3.63, 3.8) is 0 Å². The SMILES string of the molecule is CC#CC#CC#CC=CC=CC(O)CCO. The van der Waals surface area contributed by atoms with Crippen molar-refractivity contribution in [3.8, 4) is 35.5 Å². The Kier molecular flexibility index (Phi) is 9.82. The second-order valence-electron chi connectivity index (χ2n) is 2.72. The van der Waals surface area contributed by atoms with Gasteiger partial charge in [-0.05, 0) is 43.1 Å². The lowest BCUT2D eigenvalue weighted by molar-refractivity contribution is 0.170. The monoisotopic (exact) mass is 214 g/mol. The van der Waals surface area contributed by atoms with Crippen LogP contribution in [0.15, 0.2) is 24.3 Å². The first-order chi connectivity index (χ1) is 7.81. The largest absolute Gasteiger partial charge is 0.396 e. The van der Waals surface area contributed by atoms with Gasteiger partial charge in [-0.15, -0.1) is 0 Å². The van der Waals surface area contributed by atoms with E-state index in [1.807, 2.05) is 0 Å². The van der Waals surface area contributed by atoms with E-state index in [2.05, 4.69) is 35.5 Å². The summed E-state index contributed by atoms with van der Waals surface area (Å²) < 4.78 is 0. The van der Waals surface area contributed by atoms with E-state index < -0.39 is 6.10 Å². The molecule has 0 aromatic heterocycles. The van der Waals surface area contributed by atoms with Gasteiger partial charge in [-0.25, -0.2) is 0 Å². The number of rotatable bonds is 4. The average Bonchev–Trinajstić information content (AvgIpc) is 2.27. The number of hydrogen-bond acceptors (Lipinski definition) is 2. The highest BCUT2D eigenvalue weighted by molar-refractivity contribution is 5.37. The van der Waals surface area contributed by atoms with Gasteiger partial charge in [0.1, 0.15) is 0 Å². The third-order valence-electron chi connectivity index (χ3n) is 1.43. The minimum atomic E-state index is -0.609. The summed E-state index contributed by atoms with van der Waals surface area (Å²) in [6.07, 6.45) is 6.31. The molecule has 2 nitrogen and oxygen atoms in total. The van der Waals surface area contributed by atoms with Gasteiger partial charge in [-0.3, -0.25) is 0 Å². The van der Waals surface area contributed by atoms with Gasteiger partial charge in [0.15, 0.2) is 0 Å². The zero-order valence-corrected chi connectivity index (χ0v) is 9.20. The summed E-state index contributed by atoms with van der Waals surface area (Å²) >= 11 is 0. The molecule has 0 spiro atoms. The molecule has 1 atom stereocenters. The molecule has 0 amide bonds. The maximum Gasteiger partial charge on any atom is 0.0745 e. The maximum absolute atomic E-state index is 9.19. The summed E-state index contributed by atoms with van der Waals surface area (Å²) in [5.74, 6) is 15.6. The van der Waals surface area contributed by atoms with Crippen LogP contribution >= 0.6 is 0 Å². The molecule has 0 radical (unpaired) electrons. The number of aliphatic hydroxyl groups excluding tert-OH is 2. The van der Waals surface area contributed by atoms with Crippen LogP contribution in [0.1, 0.15) is 13.3 Å². The Morgan fingerprint density at radius 3 is 2.56 bits per heavy atom. The van der Waals surface area contributed by atoms with Crippen LogP contribution in [0.4, 0.5) is 0 Å². The highest BCUT2D eigenvalue weighted by Gasteiger charge is 1.93. The van der Waals surface area contributed by atoms with Crippen LogP contribution < -0.4 is 0 Å². The van der Waals surface area contributed by atoms with E-state index in [1.165, 1.54) is 0 Å². The van der Waals surface area contributed by atoms with Gasteiger partial charge in [-0.2, -0.15) is 0 Å². The molecule has 0 bridgehead atoms. The van der Waals surface area contributed by atoms with Gasteiger partial charge >= 0.3 is 0 Å². The highest BCUT2D eigenvalue weighted by atomic mass is 16.3. The van der Waals surface area contributed by atoms with E-state index in [4.69, 9.17) is 5.11 Å². The molecule has 0 saturated carbocycles. The smallest absolute Gasteiger partial charge is 0.0745 e. The van der Waals surface area contributed by atoms with Gasteiger partial charge in [0.25, 0.3) is 0 Å². The predicted molar refractivity (Wildman–Crippen MR) is 65.0 cm³/mol. The van der Waals surface area contributed by atoms with Crippen molar-refractivity contribution in [3.05, 3.63) is 24.3 Å². The number of hydrogen-bond donors (Lipinski definition) is 2.